The Hall–Kier alpha value is -2.08. The third-order valence-corrected chi connectivity index (χ3v) is 4.76. The minimum Gasteiger partial charge on any atom is -0.469 e. The second kappa shape index (κ2) is 5.50. The van der Waals surface area contributed by atoms with E-state index < -0.39 is 15.8 Å². The first kappa shape index (κ1) is 14.3. The molecule has 0 spiro atoms. The van der Waals surface area contributed by atoms with Gasteiger partial charge in [-0.05, 0) is 25.1 Å². The van der Waals surface area contributed by atoms with Crippen molar-refractivity contribution in [3.8, 4) is 0 Å². The normalized spacial score (nSPS) is 11.3. The first-order chi connectivity index (χ1) is 9.45. The molecule has 0 fully saturated rings. The van der Waals surface area contributed by atoms with E-state index in [4.69, 9.17) is 0 Å². The number of esters is 1. The number of benzene rings is 1. The summed E-state index contributed by atoms with van der Waals surface area (Å²) < 4.78 is 29.6. The minimum absolute atomic E-state index is 0.0340. The second-order valence-corrected chi connectivity index (χ2v) is 6.29. The number of ether oxygens (including phenoxy) is 1. The molecular weight excluding hydrogens is 278 g/mol. The molecule has 0 saturated carbocycles. The fourth-order valence-corrected chi connectivity index (χ4v) is 3.28. The Morgan fingerprint density at radius 1 is 1.20 bits per heavy atom. The highest BCUT2D eigenvalue weighted by Crippen LogP contribution is 2.23. The molecule has 0 bridgehead atoms. The zero-order chi connectivity index (χ0) is 14.8. The van der Waals surface area contributed by atoms with E-state index in [0.29, 0.717) is 5.56 Å². The van der Waals surface area contributed by atoms with Crippen LogP contribution in [0.25, 0.3) is 0 Å². The average Bonchev–Trinajstić information content (AvgIpc) is 2.88. The highest BCUT2D eigenvalue weighted by molar-refractivity contribution is 7.91. The molecule has 106 valence electrons. The summed E-state index contributed by atoms with van der Waals surface area (Å²) in [5.41, 5.74) is 1.38. The molecule has 1 N–H and O–H groups in total. The molecule has 0 aliphatic rings. The largest absolute Gasteiger partial charge is 0.469 e. The third-order valence-electron chi connectivity index (χ3n) is 2.95. The summed E-state index contributed by atoms with van der Waals surface area (Å²) in [6, 6.07) is 8.13. The number of rotatable bonds is 4. The number of hydrogen-bond donors (Lipinski definition) is 1. The van der Waals surface area contributed by atoms with E-state index in [-0.39, 0.29) is 16.3 Å². The number of carbonyl (C=O) groups is 1. The van der Waals surface area contributed by atoms with Gasteiger partial charge in [0.05, 0.1) is 18.4 Å². The second-order valence-electron chi connectivity index (χ2n) is 4.40. The predicted octanol–water partition coefficient (Wildman–Crippen LogP) is 1.87. The number of sulfone groups is 1. The number of carbonyl (C=O) groups excluding carboxylic acids is 1. The zero-order valence-electron chi connectivity index (χ0n) is 11.2. The minimum atomic E-state index is -3.66. The van der Waals surface area contributed by atoms with Crippen molar-refractivity contribution < 1.29 is 17.9 Å². The topological polar surface area (TPSA) is 76.2 Å². The molecule has 0 aliphatic heterocycles. The van der Waals surface area contributed by atoms with Crippen LogP contribution in [0.1, 0.15) is 11.1 Å². The van der Waals surface area contributed by atoms with Crippen molar-refractivity contribution in [2.24, 2.45) is 0 Å². The van der Waals surface area contributed by atoms with Gasteiger partial charge < -0.3 is 9.72 Å². The van der Waals surface area contributed by atoms with Gasteiger partial charge in [0.25, 0.3) is 0 Å². The highest BCUT2D eigenvalue weighted by atomic mass is 32.2. The van der Waals surface area contributed by atoms with E-state index in [0.717, 1.165) is 5.56 Å². The summed E-state index contributed by atoms with van der Waals surface area (Å²) in [6.07, 6.45) is 1.42. The van der Waals surface area contributed by atoms with Crippen LogP contribution in [0.2, 0.25) is 0 Å². The molecule has 0 saturated heterocycles. The first-order valence-electron chi connectivity index (χ1n) is 6.00. The van der Waals surface area contributed by atoms with Gasteiger partial charge in [-0.1, -0.05) is 17.7 Å². The quantitative estimate of drug-likeness (QED) is 0.873. The number of hydrogen-bond acceptors (Lipinski definition) is 4. The Morgan fingerprint density at radius 2 is 1.85 bits per heavy atom. The number of nitrogens with one attached hydrogen (secondary N) is 1. The summed E-state index contributed by atoms with van der Waals surface area (Å²) in [5.74, 6) is -0.482. The molecule has 20 heavy (non-hydrogen) atoms. The van der Waals surface area contributed by atoms with Crippen LogP contribution < -0.4 is 0 Å². The van der Waals surface area contributed by atoms with E-state index >= 15 is 0 Å². The van der Waals surface area contributed by atoms with Crippen LogP contribution in [0.5, 0.6) is 0 Å². The predicted molar refractivity (Wildman–Crippen MR) is 73.1 cm³/mol. The summed E-state index contributed by atoms with van der Waals surface area (Å²) in [4.78, 5) is 14.2. The van der Waals surface area contributed by atoms with Gasteiger partial charge in [0.1, 0.15) is 5.03 Å². The maximum atomic E-state index is 12.5. The summed E-state index contributed by atoms with van der Waals surface area (Å²) >= 11 is 0. The SMILES string of the molecule is COC(=O)Cc1cc[nH]c1S(=O)(=O)c1ccc(C)cc1. The number of aromatic nitrogens is 1. The van der Waals surface area contributed by atoms with Crippen LogP contribution in [-0.2, 0) is 25.8 Å². The molecule has 1 heterocycles. The molecular formula is C14H15NO4S. The molecule has 5 nitrogen and oxygen atoms in total. The Kier molecular flexibility index (Phi) is 3.94. The molecule has 0 atom stereocenters. The van der Waals surface area contributed by atoms with Gasteiger partial charge in [-0.2, -0.15) is 0 Å². The lowest BCUT2D eigenvalue weighted by atomic mass is 10.2. The Balaban J connectivity index is 2.42. The lowest BCUT2D eigenvalue weighted by Gasteiger charge is -2.06. The molecule has 0 radical (unpaired) electrons. The van der Waals surface area contributed by atoms with Crippen molar-refractivity contribution in [3.63, 3.8) is 0 Å². The Morgan fingerprint density at radius 3 is 2.45 bits per heavy atom. The zero-order valence-corrected chi connectivity index (χ0v) is 12.0. The van der Waals surface area contributed by atoms with E-state index in [9.17, 15) is 13.2 Å². The molecule has 0 amide bonds. The molecule has 0 aliphatic carbocycles. The van der Waals surface area contributed by atoms with Gasteiger partial charge in [0.2, 0.25) is 9.84 Å². The van der Waals surface area contributed by atoms with Crippen LogP contribution in [0.15, 0.2) is 46.5 Å². The van der Waals surface area contributed by atoms with E-state index in [1.165, 1.54) is 13.3 Å². The van der Waals surface area contributed by atoms with Crippen LogP contribution in [-0.4, -0.2) is 26.5 Å². The van der Waals surface area contributed by atoms with E-state index in [1.807, 2.05) is 6.92 Å². The summed E-state index contributed by atoms with van der Waals surface area (Å²) in [5, 5.41) is 0.0340. The molecule has 0 unspecified atom stereocenters. The smallest absolute Gasteiger partial charge is 0.310 e. The van der Waals surface area contributed by atoms with Crippen LogP contribution in [0, 0.1) is 6.92 Å². The fraction of sp³-hybridized carbons (Fsp3) is 0.214. The van der Waals surface area contributed by atoms with Crippen LogP contribution in [0.4, 0.5) is 0 Å². The molecule has 2 aromatic rings. The number of H-pyrrole nitrogens is 1. The first-order valence-corrected chi connectivity index (χ1v) is 7.48. The Bertz CT molecular complexity index is 714. The lowest BCUT2D eigenvalue weighted by Crippen LogP contribution is -2.10. The fourth-order valence-electron chi connectivity index (χ4n) is 1.84. The lowest BCUT2D eigenvalue weighted by molar-refractivity contribution is -0.139. The summed E-state index contributed by atoms with van der Waals surface area (Å²) in [6.45, 7) is 1.88. The maximum absolute atomic E-state index is 12.5. The van der Waals surface area contributed by atoms with Gasteiger partial charge in [-0.3, -0.25) is 4.79 Å². The maximum Gasteiger partial charge on any atom is 0.310 e. The van der Waals surface area contributed by atoms with Crippen molar-refractivity contribution in [2.45, 2.75) is 23.3 Å². The van der Waals surface area contributed by atoms with Crippen molar-refractivity contribution in [1.82, 2.24) is 4.98 Å². The van der Waals surface area contributed by atoms with Crippen LogP contribution >= 0.6 is 0 Å². The van der Waals surface area contributed by atoms with Crippen LogP contribution in [0.3, 0.4) is 0 Å². The van der Waals surface area contributed by atoms with Crippen molar-refractivity contribution in [3.05, 3.63) is 47.7 Å². The van der Waals surface area contributed by atoms with Gasteiger partial charge in [0, 0.05) is 11.8 Å². The van der Waals surface area contributed by atoms with Gasteiger partial charge in [-0.15, -0.1) is 0 Å². The number of aromatic amines is 1. The number of aryl methyl sites for hydroxylation is 1. The van der Waals surface area contributed by atoms with Gasteiger partial charge in [-0.25, -0.2) is 8.42 Å². The Labute approximate surface area is 117 Å². The van der Waals surface area contributed by atoms with E-state index in [2.05, 4.69) is 9.72 Å². The molecule has 2 rings (SSSR count). The van der Waals surface area contributed by atoms with Crippen molar-refractivity contribution >= 4 is 15.8 Å². The van der Waals surface area contributed by atoms with Crippen molar-refractivity contribution in [2.75, 3.05) is 7.11 Å². The molecule has 6 heteroatoms. The van der Waals surface area contributed by atoms with Gasteiger partial charge >= 0.3 is 5.97 Å². The van der Waals surface area contributed by atoms with Gasteiger partial charge in [0.15, 0.2) is 0 Å². The third kappa shape index (κ3) is 2.75. The summed E-state index contributed by atoms with van der Waals surface area (Å²) in [7, 11) is -2.39. The highest BCUT2D eigenvalue weighted by Gasteiger charge is 2.23. The van der Waals surface area contributed by atoms with Crippen molar-refractivity contribution in [1.29, 1.82) is 0 Å². The van der Waals surface area contributed by atoms with E-state index in [1.54, 1.807) is 30.3 Å². The number of methoxy groups -OCH3 is 1. The standard InChI is InChI=1S/C14H15NO4S/c1-10-3-5-12(6-4-10)20(17,18)14-11(7-8-15-14)9-13(16)19-2/h3-8,15H,9H2,1-2H3. The molecule has 1 aromatic carbocycles. The average molecular weight is 293 g/mol. The molecule has 1 aromatic heterocycles. The monoisotopic (exact) mass is 293 g/mol.